The Morgan fingerprint density at radius 2 is 2.17 bits per heavy atom. The number of carboxylic acid groups (broad SMARTS) is 1. The molecule has 0 aromatic heterocycles. The topological polar surface area (TPSA) is 69.6 Å². The molecule has 0 saturated carbocycles. The molecule has 2 rings (SSSR count). The number of carbonyl (C=O) groups is 2. The molecule has 102 valence electrons. The number of hydrogen-bond donors (Lipinski definition) is 2. The van der Waals surface area contributed by atoms with E-state index in [1.165, 1.54) is 11.8 Å². The molecule has 0 aromatic rings. The molecule has 2 fully saturated rings. The summed E-state index contributed by atoms with van der Waals surface area (Å²) in [5.74, 6) is -0.482. The van der Waals surface area contributed by atoms with E-state index in [4.69, 9.17) is 0 Å². The zero-order valence-electron chi connectivity index (χ0n) is 10.8. The monoisotopic (exact) mass is 272 g/mol. The van der Waals surface area contributed by atoms with Crippen LogP contribution in [0.3, 0.4) is 0 Å². The average molecular weight is 272 g/mol. The third kappa shape index (κ3) is 2.36. The van der Waals surface area contributed by atoms with E-state index in [2.05, 4.69) is 5.32 Å². The molecule has 0 bridgehead atoms. The smallest absolute Gasteiger partial charge is 0.327 e. The van der Waals surface area contributed by atoms with E-state index in [1.54, 1.807) is 4.90 Å². The SMILES string of the molecule is CC1SCC(C(=O)O)N1C(=O)C1(C)CCCCN1. The Labute approximate surface area is 111 Å². The van der Waals surface area contributed by atoms with Gasteiger partial charge in [0.1, 0.15) is 6.04 Å². The number of aliphatic carboxylic acids is 1. The Bertz CT molecular complexity index is 355. The van der Waals surface area contributed by atoms with E-state index in [1.807, 2.05) is 13.8 Å². The van der Waals surface area contributed by atoms with Gasteiger partial charge in [-0.3, -0.25) is 4.79 Å². The number of hydrogen-bond acceptors (Lipinski definition) is 4. The molecule has 6 heteroatoms. The van der Waals surface area contributed by atoms with Gasteiger partial charge in [0.05, 0.1) is 10.9 Å². The number of nitrogens with one attached hydrogen (secondary N) is 1. The van der Waals surface area contributed by atoms with Crippen LogP contribution in [0.5, 0.6) is 0 Å². The molecule has 0 spiro atoms. The van der Waals surface area contributed by atoms with E-state index >= 15 is 0 Å². The minimum atomic E-state index is -0.903. The van der Waals surface area contributed by atoms with Crippen LogP contribution >= 0.6 is 11.8 Å². The Morgan fingerprint density at radius 3 is 2.72 bits per heavy atom. The molecule has 2 heterocycles. The third-order valence-corrected chi connectivity index (χ3v) is 5.05. The van der Waals surface area contributed by atoms with E-state index < -0.39 is 17.6 Å². The van der Waals surface area contributed by atoms with Crippen molar-refractivity contribution in [2.24, 2.45) is 0 Å². The first-order valence-corrected chi connectivity index (χ1v) is 7.43. The molecule has 2 N–H and O–H groups in total. The summed E-state index contributed by atoms with van der Waals surface area (Å²) < 4.78 is 0. The largest absolute Gasteiger partial charge is 0.480 e. The van der Waals surface area contributed by atoms with Gasteiger partial charge < -0.3 is 15.3 Å². The summed E-state index contributed by atoms with van der Waals surface area (Å²) in [6, 6.07) is -0.682. The summed E-state index contributed by atoms with van der Waals surface area (Å²) in [4.78, 5) is 25.4. The van der Waals surface area contributed by atoms with Gasteiger partial charge in [0.25, 0.3) is 0 Å². The lowest BCUT2D eigenvalue weighted by atomic mass is 9.89. The maximum Gasteiger partial charge on any atom is 0.327 e. The van der Waals surface area contributed by atoms with Gasteiger partial charge in [0, 0.05) is 5.75 Å². The van der Waals surface area contributed by atoms with Crippen LogP contribution in [0, 0.1) is 0 Å². The fourth-order valence-electron chi connectivity index (χ4n) is 2.67. The number of rotatable bonds is 2. The van der Waals surface area contributed by atoms with Crippen LogP contribution in [0.25, 0.3) is 0 Å². The first-order chi connectivity index (χ1) is 8.46. The maximum absolute atomic E-state index is 12.6. The molecule has 2 saturated heterocycles. The second-order valence-electron chi connectivity index (χ2n) is 5.22. The lowest BCUT2D eigenvalue weighted by molar-refractivity contribution is -0.152. The highest BCUT2D eigenvalue weighted by Gasteiger charge is 2.46. The Morgan fingerprint density at radius 1 is 1.44 bits per heavy atom. The number of carboxylic acids is 1. The standard InChI is InChI=1S/C12H20N2O3S/c1-8-14(9(7-18-8)10(15)16)11(17)12(2)5-3-4-6-13-12/h8-9,13H,3-7H2,1-2H3,(H,15,16). The highest BCUT2D eigenvalue weighted by atomic mass is 32.2. The van der Waals surface area contributed by atoms with E-state index in [0.29, 0.717) is 5.75 Å². The Kier molecular flexibility index (Phi) is 3.87. The van der Waals surface area contributed by atoms with Gasteiger partial charge in [-0.1, -0.05) is 0 Å². The quantitative estimate of drug-likeness (QED) is 0.781. The summed E-state index contributed by atoms with van der Waals surface area (Å²) in [7, 11) is 0. The fourth-order valence-corrected chi connectivity index (χ4v) is 3.83. The van der Waals surface area contributed by atoms with Crippen LogP contribution in [0.15, 0.2) is 0 Å². The van der Waals surface area contributed by atoms with Crippen LogP contribution in [0.4, 0.5) is 0 Å². The van der Waals surface area contributed by atoms with Crippen LogP contribution < -0.4 is 5.32 Å². The molecule has 5 nitrogen and oxygen atoms in total. The van der Waals surface area contributed by atoms with Crippen molar-refractivity contribution in [1.82, 2.24) is 10.2 Å². The van der Waals surface area contributed by atoms with Crippen molar-refractivity contribution in [3.8, 4) is 0 Å². The molecule has 0 aromatic carbocycles. The predicted octanol–water partition coefficient (Wildman–Crippen LogP) is 0.893. The van der Waals surface area contributed by atoms with Crippen LogP contribution in [0.2, 0.25) is 0 Å². The van der Waals surface area contributed by atoms with Crippen LogP contribution in [0.1, 0.15) is 33.1 Å². The zero-order valence-corrected chi connectivity index (χ0v) is 11.6. The molecule has 2 aliphatic heterocycles. The summed E-state index contributed by atoms with van der Waals surface area (Å²) in [5, 5.41) is 12.4. The van der Waals surface area contributed by atoms with Crippen LogP contribution in [-0.4, -0.2) is 51.1 Å². The summed E-state index contributed by atoms with van der Waals surface area (Å²) in [6.07, 6.45) is 2.88. The van der Waals surface area contributed by atoms with Crippen molar-refractivity contribution in [2.75, 3.05) is 12.3 Å². The lowest BCUT2D eigenvalue weighted by Crippen LogP contribution is -2.61. The normalized spacial score (nSPS) is 36.7. The van der Waals surface area contributed by atoms with Crippen molar-refractivity contribution < 1.29 is 14.7 Å². The number of piperidine rings is 1. The number of amides is 1. The van der Waals surface area contributed by atoms with Gasteiger partial charge in [0.2, 0.25) is 5.91 Å². The zero-order chi connectivity index (χ0) is 13.3. The van der Waals surface area contributed by atoms with Crippen molar-refractivity contribution in [2.45, 2.75) is 50.1 Å². The molecule has 2 aliphatic rings. The van der Waals surface area contributed by atoms with Gasteiger partial charge in [0.15, 0.2) is 0 Å². The molecule has 0 aliphatic carbocycles. The molecule has 3 atom stereocenters. The van der Waals surface area contributed by atoms with E-state index in [-0.39, 0.29) is 11.3 Å². The summed E-state index contributed by atoms with van der Waals surface area (Å²) in [6.45, 7) is 4.62. The minimum absolute atomic E-state index is 0.0563. The van der Waals surface area contributed by atoms with E-state index in [0.717, 1.165) is 25.8 Å². The minimum Gasteiger partial charge on any atom is -0.480 e. The van der Waals surface area contributed by atoms with Crippen molar-refractivity contribution >= 4 is 23.6 Å². The Hall–Kier alpha value is -0.750. The van der Waals surface area contributed by atoms with Gasteiger partial charge in [-0.25, -0.2) is 4.79 Å². The highest BCUT2D eigenvalue weighted by Crippen LogP contribution is 2.33. The van der Waals surface area contributed by atoms with Crippen LogP contribution in [-0.2, 0) is 9.59 Å². The third-order valence-electron chi connectivity index (χ3n) is 3.83. The first-order valence-electron chi connectivity index (χ1n) is 6.38. The first kappa shape index (κ1) is 13.7. The molecular weight excluding hydrogens is 252 g/mol. The number of nitrogens with zero attached hydrogens (tertiary/aromatic N) is 1. The van der Waals surface area contributed by atoms with Gasteiger partial charge in [-0.05, 0) is 39.7 Å². The molecule has 1 amide bonds. The van der Waals surface area contributed by atoms with Gasteiger partial charge in [-0.15, -0.1) is 11.8 Å². The molecule has 18 heavy (non-hydrogen) atoms. The summed E-state index contributed by atoms with van der Waals surface area (Å²) in [5.41, 5.74) is -0.592. The maximum atomic E-state index is 12.6. The number of thioether (sulfide) groups is 1. The highest BCUT2D eigenvalue weighted by molar-refractivity contribution is 8.00. The van der Waals surface area contributed by atoms with Crippen molar-refractivity contribution in [3.05, 3.63) is 0 Å². The molecule has 0 radical (unpaired) electrons. The second-order valence-corrected chi connectivity index (χ2v) is 6.56. The summed E-state index contributed by atoms with van der Waals surface area (Å²) >= 11 is 1.53. The van der Waals surface area contributed by atoms with Gasteiger partial charge in [-0.2, -0.15) is 0 Å². The average Bonchev–Trinajstić information content (AvgIpc) is 2.71. The van der Waals surface area contributed by atoms with Crippen molar-refractivity contribution in [3.63, 3.8) is 0 Å². The predicted molar refractivity (Wildman–Crippen MR) is 70.4 cm³/mol. The lowest BCUT2D eigenvalue weighted by Gasteiger charge is -2.39. The molecular formula is C12H20N2O3S. The van der Waals surface area contributed by atoms with Gasteiger partial charge >= 0.3 is 5.97 Å². The second kappa shape index (κ2) is 5.09. The fraction of sp³-hybridized carbons (Fsp3) is 0.833. The molecule has 3 unspecified atom stereocenters. The number of carbonyl (C=O) groups excluding carboxylic acids is 1. The van der Waals surface area contributed by atoms with E-state index in [9.17, 15) is 14.7 Å². The Balaban J connectivity index is 2.17. The van der Waals surface area contributed by atoms with Crippen molar-refractivity contribution in [1.29, 1.82) is 0 Å².